The van der Waals surface area contributed by atoms with E-state index in [0.717, 1.165) is 0 Å². The van der Waals surface area contributed by atoms with Crippen molar-refractivity contribution < 1.29 is 34.4 Å². The summed E-state index contributed by atoms with van der Waals surface area (Å²) in [4.78, 5) is 25.2. The number of carboxylic acid groups (broad SMARTS) is 1. The zero-order chi connectivity index (χ0) is 20.8. The number of carboxylic acids is 1. The quantitative estimate of drug-likeness (QED) is 0.509. The number of carbonyl (C=O) groups is 2. The summed E-state index contributed by atoms with van der Waals surface area (Å²) in [6, 6.07) is 7.04. The van der Waals surface area contributed by atoms with E-state index in [2.05, 4.69) is 0 Å². The molecule has 3 N–H and O–H groups in total. The van der Waals surface area contributed by atoms with Crippen LogP contribution in [0.2, 0.25) is 0 Å². The molecule has 0 aliphatic heterocycles. The molecule has 0 aliphatic carbocycles. The number of benzene rings is 1. The zero-order valence-electron chi connectivity index (χ0n) is 16.4. The molecule has 0 fully saturated rings. The van der Waals surface area contributed by atoms with Gasteiger partial charge in [-0.05, 0) is 38.2 Å². The molecule has 8 nitrogen and oxygen atoms in total. The van der Waals surface area contributed by atoms with Gasteiger partial charge in [-0.15, -0.1) is 0 Å². The average molecular weight is 383 g/mol. The first kappa shape index (κ1) is 22.9. The van der Waals surface area contributed by atoms with Crippen molar-refractivity contribution >= 4 is 11.9 Å². The molecular formula is C19H29NO7. The first-order chi connectivity index (χ1) is 12.6. The Morgan fingerprint density at radius 1 is 1.22 bits per heavy atom. The molecule has 1 aromatic carbocycles. The van der Waals surface area contributed by atoms with Gasteiger partial charge in [-0.1, -0.05) is 26.0 Å². The van der Waals surface area contributed by atoms with Gasteiger partial charge in [-0.2, -0.15) is 0 Å². The summed E-state index contributed by atoms with van der Waals surface area (Å²) in [6.07, 6.45) is -4.08. The van der Waals surface area contributed by atoms with Crippen molar-refractivity contribution in [3.63, 3.8) is 0 Å². The van der Waals surface area contributed by atoms with Gasteiger partial charge in [0, 0.05) is 12.5 Å². The molecule has 8 heteroatoms. The van der Waals surface area contributed by atoms with Crippen LogP contribution >= 0.6 is 0 Å². The van der Waals surface area contributed by atoms with Crippen LogP contribution in [-0.4, -0.2) is 72.1 Å². The number of hydrogen-bond acceptors (Lipinski definition) is 7. The van der Waals surface area contributed by atoms with Gasteiger partial charge in [-0.25, -0.2) is 9.59 Å². The predicted molar refractivity (Wildman–Crippen MR) is 98.4 cm³/mol. The Hall–Kier alpha value is -2.16. The third-order valence-electron chi connectivity index (χ3n) is 4.59. The molecule has 152 valence electrons. The number of nitrogens with zero attached hydrogens (tertiary/aromatic N) is 1. The van der Waals surface area contributed by atoms with Crippen molar-refractivity contribution in [2.75, 3.05) is 27.7 Å². The van der Waals surface area contributed by atoms with Crippen molar-refractivity contribution in [3.05, 3.63) is 29.8 Å². The molecule has 0 bridgehead atoms. The van der Waals surface area contributed by atoms with Crippen LogP contribution in [0, 0.1) is 5.92 Å². The first-order valence-corrected chi connectivity index (χ1v) is 8.70. The fraction of sp³-hybridized carbons (Fsp3) is 0.579. The lowest BCUT2D eigenvalue weighted by Crippen LogP contribution is -2.48. The third kappa shape index (κ3) is 5.41. The molecule has 0 saturated heterocycles. The summed E-state index contributed by atoms with van der Waals surface area (Å²) >= 11 is 0. The van der Waals surface area contributed by atoms with Gasteiger partial charge >= 0.3 is 11.9 Å². The highest BCUT2D eigenvalue weighted by atomic mass is 16.6. The standard InChI is InChI=1S/C19H29NO7/c1-6-19(12(2)11-20(3)4,13-8-7-9-14(10-13)26-5)27-18(25)16(22)15(21)17(23)24/h7-10,12,15-16,21-22H,6,11H2,1-5H3,(H,23,24)/t12-,15?,16?,19+/m0/s1. The maximum atomic E-state index is 12.4. The fourth-order valence-corrected chi connectivity index (χ4v) is 3.15. The van der Waals surface area contributed by atoms with E-state index in [9.17, 15) is 19.8 Å². The van der Waals surface area contributed by atoms with Crippen molar-refractivity contribution in [1.82, 2.24) is 4.90 Å². The summed E-state index contributed by atoms with van der Waals surface area (Å²) in [5.74, 6) is -2.53. The van der Waals surface area contributed by atoms with Gasteiger partial charge in [0.15, 0.2) is 12.2 Å². The fourth-order valence-electron chi connectivity index (χ4n) is 3.15. The van der Waals surface area contributed by atoms with Crippen molar-refractivity contribution in [2.24, 2.45) is 5.92 Å². The minimum atomic E-state index is -2.26. The molecule has 0 spiro atoms. The zero-order valence-corrected chi connectivity index (χ0v) is 16.4. The lowest BCUT2D eigenvalue weighted by atomic mass is 9.79. The highest BCUT2D eigenvalue weighted by Gasteiger charge is 2.43. The number of aliphatic carboxylic acids is 1. The summed E-state index contributed by atoms with van der Waals surface area (Å²) in [5, 5.41) is 28.2. The van der Waals surface area contributed by atoms with Crippen LogP contribution in [0.25, 0.3) is 0 Å². The van der Waals surface area contributed by atoms with Gasteiger partial charge in [0.2, 0.25) is 0 Å². The molecule has 0 aliphatic rings. The van der Waals surface area contributed by atoms with E-state index in [1.165, 1.54) is 7.11 Å². The van der Waals surface area contributed by atoms with Crippen LogP contribution in [0.3, 0.4) is 0 Å². The van der Waals surface area contributed by atoms with Crippen LogP contribution < -0.4 is 4.74 Å². The summed E-state index contributed by atoms with van der Waals surface area (Å²) < 4.78 is 10.9. The predicted octanol–water partition coefficient (Wildman–Crippen LogP) is 0.848. The lowest BCUT2D eigenvalue weighted by molar-refractivity contribution is -0.188. The van der Waals surface area contributed by atoms with E-state index in [-0.39, 0.29) is 5.92 Å². The second-order valence-corrected chi connectivity index (χ2v) is 6.79. The monoisotopic (exact) mass is 383 g/mol. The van der Waals surface area contributed by atoms with Gasteiger partial charge in [0.25, 0.3) is 0 Å². The summed E-state index contributed by atoms with van der Waals surface area (Å²) in [7, 11) is 5.29. The van der Waals surface area contributed by atoms with Gasteiger partial charge < -0.3 is 29.7 Å². The van der Waals surface area contributed by atoms with Crippen LogP contribution in [0.4, 0.5) is 0 Å². The maximum Gasteiger partial charge on any atom is 0.339 e. The third-order valence-corrected chi connectivity index (χ3v) is 4.59. The Labute approximate surface area is 159 Å². The first-order valence-electron chi connectivity index (χ1n) is 8.70. The Balaban J connectivity index is 3.35. The number of hydrogen-bond donors (Lipinski definition) is 3. The molecule has 0 saturated carbocycles. The van der Waals surface area contributed by atoms with Gasteiger partial charge in [0.1, 0.15) is 11.4 Å². The molecule has 1 aromatic rings. The number of rotatable bonds is 10. The van der Waals surface area contributed by atoms with E-state index >= 15 is 0 Å². The Kier molecular flexibility index (Phi) is 8.20. The number of aliphatic hydroxyl groups is 2. The maximum absolute atomic E-state index is 12.4. The van der Waals surface area contributed by atoms with Crippen LogP contribution in [0.5, 0.6) is 5.75 Å². The molecule has 4 atom stereocenters. The molecule has 0 amide bonds. The molecule has 1 rings (SSSR count). The second kappa shape index (κ2) is 9.68. The van der Waals surface area contributed by atoms with Gasteiger partial charge in [0.05, 0.1) is 7.11 Å². The van der Waals surface area contributed by atoms with E-state index in [1.807, 2.05) is 32.8 Å². The number of ether oxygens (including phenoxy) is 2. The smallest absolute Gasteiger partial charge is 0.339 e. The topological polar surface area (TPSA) is 117 Å². The molecule has 0 radical (unpaired) electrons. The Bertz CT molecular complexity index is 649. The normalized spacial score (nSPS) is 16.9. The van der Waals surface area contributed by atoms with Crippen LogP contribution in [0.15, 0.2) is 24.3 Å². The largest absolute Gasteiger partial charge is 0.497 e. The van der Waals surface area contributed by atoms with E-state index < -0.39 is 29.7 Å². The van der Waals surface area contributed by atoms with Crippen LogP contribution in [0.1, 0.15) is 25.8 Å². The number of carbonyl (C=O) groups excluding carboxylic acids is 1. The minimum Gasteiger partial charge on any atom is -0.497 e. The average Bonchev–Trinajstić information content (AvgIpc) is 2.63. The highest BCUT2D eigenvalue weighted by Crippen LogP contribution is 2.39. The van der Waals surface area contributed by atoms with E-state index in [1.54, 1.807) is 24.3 Å². The van der Waals surface area contributed by atoms with Crippen LogP contribution in [-0.2, 0) is 19.9 Å². The van der Waals surface area contributed by atoms with Crippen molar-refractivity contribution in [2.45, 2.75) is 38.1 Å². The van der Waals surface area contributed by atoms with Crippen molar-refractivity contribution in [1.29, 1.82) is 0 Å². The van der Waals surface area contributed by atoms with Gasteiger partial charge in [-0.3, -0.25) is 0 Å². The lowest BCUT2D eigenvalue weighted by Gasteiger charge is -2.40. The highest BCUT2D eigenvalue weighted by molar-refractivity contribution is 5.84. The Morgan fingerprint density at radius 3 is 2.33 bits per heavy atom. The number of methoxy groups -OCH3 is 1. The molecule has 0 aromatic heterocycles. The Morgan fingerprint density at radius 2 is 1.85 bits per heavy atom. The van der Waals surface area contributed by atoms with Crippen molar-refractivity contribution in [3.8, 4) is 5.75 Å². The number of aliphatic hydroxyl groups excluding tert-OH is 2. The molecule has 0 heterocycles. The molecule has 2 unspecified atom stereocenters. The SMILES string of the molecule is CC[C@](OC(=O)C(O)C(O)C(=O)O)(c1cccc(OC)c1)[C@@H](C)CN(C)C. The summed E-state index contributed by atoms with van der Waals surface area (Å²) in [5.41, 5.74) is -0.487. The minimum absolute atomic E-state index is 0.206. The molecular weight excluding hydrogens is 354 g/mol. The second-order valence-electron chi connectivity index (χ2n) is 6.79. The van der Waals surface area contributed by atoms with E-state index in [0.29, 0.717) is 24.3 Å². The summed E-state index contributed by atoms with van der Waals surface area (Å²) in [6.45, 7) is 4.30. The van der Waals surface area contributed by atoms with E-state index in [4.69, 9.17) is 14.6 Å². The number of esters is 1. The molecule has 27 heavy (non-hydrogen) atoms.